The van der Waals surface area contributed by atoms with Crippen molar-refractivity contribution >= 4 is 11.8 Å². The van der Waals surface area contributed by atoms with Crippen LogP contribution < -0.4 is 0 Å². The van der Waals surface area contributed by atoms with Crippen molar-refractivity contribution in [3.8, 4) is 5.75 Å². The van der Waals surface area contributed by atoms with E-state index >= 15 is 0 Å². The zero-order chi connectivity index (χ0) is 9.80. The molecule has 4 nitrogen and oxygen atoms in total. The summed E-state index contributed by atoms with van der Waals surface area (Å²) in [5.41, 5.74) is 0. The van der Waals surface area contributed by atoms with Gasteiger partial charge in [-0.2, -0.15) is 5.10 Å². The van der Waals surface area contributed by atoms with Crippen LogP contribution in [0, 0.1) is 0 Å². The standard InChI is InChI=1S/C9H9N3OS/c13-8-1-3-9(4-2-8)14-7-12-6-10-5-11-12/h1-6,13H,7H2. The minimum atomic E-state index is 0.287. The third-order valence-corrected chi connectivity index (χ3v) is 2.67. The lowest BCUT2D eigenvalue weighted by Gasteiger charge is -2.00. The monoisotopic (exact) mass is 207 g/mol. The highest BCUT2D eigenvalue weighted by molar-refractivity contribution is 7.98. The summed E-state index contributed by atoms with van der Waals surface area (Å²) in [5.74, 6) is 1.01. The summed E-state index contributed by atoms with van der Waals surface area (Å²) < 4.78 is 1.75. The number of benzene rings is 1. The lowest BCUT2D eigenvalue weighted by Crippen LogP contribution is -1.93. The first kappa shape index (κ1) is 9.08. The minimum absolute atomic E-state index is 0.287. The fourth-order valence-electron chi connectivity index (χ4n) is 0.982. The van der Waals surface area contributed by atoms with Gasteiger partial charge in [0.05, 0.1) is 5.88 Å². The van der Waals surface area contributed by atoms with E-state index in [0.717, 1.165) is 10.8 Å². The van der Waals surface area contributed by atoms with Gasteiger partial charge in [-0.05, 0) is 24.3 Å². The van der Waals surface area contributed by atoms with Gasteiger partial charge in [-0.3, -0.25) is 0 Å². The molecule has 0 aliphatic rings. The molecule has 0 aliphatic heterocycles. The number of hydrogen-bond donors (Lipinski definition) is 1. The predicted octanol–water partition coefficient (Wildman–Crippen LogP) is 1.73. The van der Waals surface area contributed by atoms with E-state index in [0.29, 0.717) is 0 Å². The summed E-state index contributed by atoms with van der Waals surface area (Å²) in [5, 5.41) is 13.1. The van der Waals surface area contributed by atoms with Gasteiger partial charge < -0.3 is 5.11 Å². The van der Waals surface area contributed by atoms with Crippen molar-refractivity contribution in [2.75, 3.05) is 0 Å². The van der Waals surface area contributed by atoms with Gasteiger partial charge in [0, 0.05) is 4.90 Å². The molecule has 14 heavy (non-hydrogen) atoms. The molecule has 0 radical (unpaired) electrons. The molecule has 0 unspecified atom stereocenters. The molecule has 0 bridgehead atoms. The summed E-state index contributed by atoms with van der Waals surface area (Å²) in [7, 11) is 0. The number of aromatic nitrogens is 3. The first-order chi connectivity index (χ1) is 6.84. The fourth-order valence-corrected chi connectivity index (χ4v) is 1.73. The predicted molar refractivity (Wildman–Crippen MR) is 54.0 cm³/mol. The van der Waals surface area contributed by atoms with E-state index in [1.165, 1.54) is 6.33 Å². The van der Waals surface area contributed by atoms with Crippen molar-refractivity contribution < 1.29 is 5.11 Å². The number of phenols is 1. The van der Waals surface area contributed by atoms with Crippen molar-refractivity contribution in [1.82, 2.24) is 14.8 Å². The first-order valence-electron chi connectivity index (χ1n) is 4.09. The van der Waals surface area contributed by atoms with Crippen LogP contribution in [0.5, 0.6) is 5.75 Å². The Kier molecular flexibility index (Phi) is 2.69. The third-order valence-electron chi connectivity index (χ3n) is 1.67. The van der Waals surface area contributed by atoms with Crippen molar-refractivity contribution in [3.63, 3.8) is 0 Å². The topological polar surface area (TPSA) is 50.9 Å². The summed E-state index contributed by atoms with van der Waals surface area (Å²) >= 11 is 1.64. The van der Waals surface area contributed by atoms with Crippen molar-refractivity contribution in [2.24, 2.45) is 0 Å². The average Bonchev–Trinajstić information content (AvgIpc) is 2.70. The number of aromatic hydroxyl groups is 1. The van der Waals surface area contributed by atoms with Crippen LogP contribution in [0.2, 0.25) is 0 Å². The van der Waals surface area contributed by atoms with Gasteiger partial charge in [0.2, 0.25) is 0 Å². The Morgan fingerprint density at radius 3 is 2.71 bits per heavy atom. The van der Waals surface area contributed by atoms with E-state index in [4.69, 9.17) is 5.11 Å². The van der Waals surface area contributed by atoms with Crippen LogP contribution in [0.4, 0.5) is 0 Å². The molecular weight excluding hydrogens is 198 g/mol. The maximum Gasteiger partial charge on any atom is 0.137 e. The van der Waals surface area contributed by atoms with Gasteiger partial charge in [0.25, 0.3) is 0 Å². The van der Waals surface area contributed by atoms with Crippen LogP contribution >= 0.6 is 11.8 Å². The number of thioether (sulfide) groups is 1. The fraction of sp³-hybridized carbons (Fsp3) is 0.111. The zero-order valence-corrected chi connectivity index (χ0v) is 8.18. The highest BCUT2D eigenvalue weighted by Crippen LogP contribution is 2.21. The van der Waals surface area contributed by atoms with Gasteiger partial charge in [0.1, 0.15) is 18.4 Å². The Bertz CT molecular complexity index is 385. The zero-order valence-electron chi connectivity index (χ0n) is 7.37. The molecule has 0 amide bonds. The van der Waals surface area contributed by atoms with Gasteiger partial charge in [-0.25, -0.2) is 9.67 Å². The molecular formula is C9H9N3OS. The van der Waals surface area contributed by atoms with E-state index in [2.05, 4.69) is 10.1 Å². The van der Waals surface area contributed by atoms with E-state index < -0.39 is 0 Å². The van der Waals surface area contributed by atoms with Crippen LogP contribution in [0.1, 0.15) is 0 Å². The van der Waals surface area contributed by atoms with E-state index in [9.17, 15) is 0 Å². The van der Waals surface area contributed by atoms with Gasteiger partial charge in [-0.1, -0.05) is 0 Å². The summed E-state index contributed by atoms with van der Waals surface area (Å²) in [6, 6.07) is 7.08. The second kappa shape index (κ2) is 4.15. The van der Waals surface area contributed by atoms with Gasteiger partial charge in [-0.15, -0.1) is 11.8 Å². The molecule has 72 valence electrons. The Hall–Kier alpha value is -1.49. The van der Waals surface area contributed by atoms with Crippen LogP contribution in [0.25, 0.3) is 0 Å². The molecule has 0 atom stereocenters. The van der Waals surface area contributed by atoms with Gasteiger partial charge >= 0.3 is 0 Å². The Labute approximate surface area is 85.6 Å². The molecule has 2 aromatic rings. The summed E-state index contributed by atoms with van der Waals surface area (Å²) in [6.07, 6.45) is 3.19. The van der Waals surface area contributed by atoms with E-state index in [-0.39, 0.29) is 5.75 Å². The highest BCUT2D eigenvalue weighted by atomic mass is 32.2. The molecule has 0 spiro atoms. The molecule has 0 saturated carbocycles. The lowest BCUT2D eigenvalue weighted by atomic mass is 10.3. The maximum atomic E-state index is 9.07. The molecule has 1 aromatic carbocycles. The molecule has 2 rings (SSSR count). The highest BCUT2D eigenvalue weighted by Gasteiger charge is 1.95. The Morgan fingerprint density at radius 1 is 1.29 bits per heavy atom. The maximum absolute atomic E-state index is 9.07. The van der Waals surface area contributed by atoms with Gasteiger partial charge in [0.15, 0.2) is 0 Å². The quantitative estimate of drug-likeness (QED) is 0.779. The molecule has 1 heterocycles. The Balaban J connectivity index is 1.95. The summed E-state index contributed by atoms with van der Waals surface area (Å²) in [4.78, 5) is 4.94. The number of nitrogens with zero attached hydrogens (tertiary/aromatic N) is 3. The van der Waals surface area contributed by atoms with Crippen LogP contribution in [0.3, 0.4) is 0 Å². The number of hydrogen-bond acceptors (Lipinski definition) is 4. The normalized spacial score (nSPS) is 10.3. The number of phenolic OH excluding ortho intramolecular Hbond substituents is 1. The van der Waals surface area contributed by atoms with Crippen LogP contribution in [-0.4, -0.2) is 19.9 Å². The number of rotatable bonds is 3. The van der Waals surface area contributed by atoms with Crippen LogP contribution in [0.15, 0.2) is 41.8 Å². The SMILES string of the molecule is Oc1ccc(SCn2cncn2)cc1. The molecule has 5 heteroatoms. The molecule has 1 aromatic heterocycles. The molecule has 1 N–H and O–H groups in total. The van der Waals surface area contributed by atoms with Crippen molar-refractivity contribution in [1.29, 1.82) is 0 Å². The molecule has 0 saturated heterocycles. The lowest BCUT2D eigenvalue weighted by molar-refractivity contribution is 0.475. The Morgan fingerprint density at radius 2 is 2.07 bits per heavy atom. The van der Waals surface area contributed by atoms with E-state index in [1.54, 1.807) is 34.9 Å². The van der Waals surface area contributed by atoms with Crippen molar-refractivity contribution in [2.45, 2.75) is 10.8 Å². The second-order valence-corrected chi connectivity index (χ2v) is 3.72. The first-order valence-corrected chi connectivity index (χ1v) is 5.07. The minimum Gasteiger partial charge on any atom is -0.508 e. The van der Waals surface area contributed by atoms with Crippen LogP contribution in [-0.2, 0) is 5.88 Å². The average molecular weight is 207 g/mol. The smallest absolute Gasteiger partial charge is 0.137 e. The van der Waals surface area contributed by atoms with E-state index in [1.807, 2.05) is 12.1 Å². The largest absolute Gasteiger partial charge is 0.508 e. The molecule has 0 fully saturated rings. The second-order valence-electron chi connectivity index (χ2n) is 2.70. The third kappa shape index (κ3) is 2.26. The summed E-state index contributed by atoms with van der Waals surface area (Å²) in [6.45, 7) is 0. The molecule has 0 aliphatic carbocycles. The van der Waals surface area contributed by atoms with Crippen molar-refractivity contribution in [3.05, 3.63) is 36.9 Å².